The zero-order valence-electron chi connectivity index (χ0n) is 12.1. The Kier molecular flexibility index (Phi) is 4.76. The van der Waals surface area contributed by atoms with Gasteiger partial charge in [0.15, 0.2) is 0 Å². The Morgan fingerprint density at radius 2 is 1.90 bits per heavy atom. The van der Waals surface area contributed by atoms with Gasteiger partial charge in [0, 0.05) is 11.7 Å². The van der Waals surface area contributed by atoms with Crippen molar-refractivity contribution in [1.82, 2.24) is 5.32 Å². The summed E-state index contributed by atoms with van der Waals surface area (Å²) < 4.78 is 39.1. The van der Waals surface area contributed by atoms with E-state index >= 15 is 0 Å². The Labute approximate surface area is 121 Å². The molecule has 0 aliphatic carbocycles. The van der Waals surface area contributed by atoms with Gasteiger partial charge in [0.2, 0.25) is 0 Å². The molecule has 1 aromatic rings. The number of amides is 1. The van der Waals surface area contributed by atoms with Crippen LogP contribution in [0.1, 0.15) is 31.9 Å². The van der Waals surface area contributed by atoms with E-state index in [1.54, 1.807) is 20.8 Å². The lowest BCUT2D eigenvalue weighted by Crippen LogP contribution is -2.44. The fraction of sp³-hybridized carbons (Fsp3) is 0.500. The number of benzene rings is 1. The molecular weight excluding hydrogens is 285 g/mol. The molecule has 1 atom stereocenters. The van der Waals surface area contributed by atoms with Crippen molar-refractivity contribution in [2.75, 3.05) is 5.73 Å². The van der Waals surface area contributed by atoms with Crippen molar-refractivity contribution < 1.29 is 23.1 Å². The minimum atomic E-state index is -4.53. The number of alkyl halides is 3. The third kappa shape index (κ3) is 4.84. The third-order valence-corrected chi connectivity index (χ3v) is 3.21. The summed E-state index contributed by atoms with van der Waals surface area (Å²) in [5, 5.41) is 11.1. The summed E-state index contributed by atoms with van der Waals surface area (Å²) in [7, 11) is 0. The monoisotopic (exact) mass is 304 g/mol. The van der Waals surface area contributed by atoms with Crippen molar-refractivity contribution in [2.45, 2.75) is 39.4 Å². The van der Waals surface area contributed by atoms with E-state index in [4.69, 9.17) is 10.8 Å². The Bertz CT molecular complexity index is 522. The highest BCUT2D eigenvalue weighted by Gasteiger charge is 2.35. The first-order valence-electron chi connectivity index (χ1n) is 6.36. The van der Waals surface area contributed by atoms with E-state index in [2.05, 4.69) is 5.32 Å². The molecule has 118 valence electrons. The molecule has 0 aliphatic rings. The third-order valence-electron chi connectivity index (χ3n) is 3.21. The first-order valence-corrected chi connectivity index (χ1v) is 6.36. The molecule has 7 heteroatoms. The molecule has 1 unspecified atom stereocenters. The van der Waals surface area contributed by atoms with Crippen molar-refractivity contribution in [3.05, 3.63) is 29.3 Å². The summed E-state index contributed by atoms with van der Waals surface area (Å²) in [5.41, 5.74) is 4.09. The highest BCUT2D eigenvalue weighted by molar-refractivity contribution is 5.65. The molecule has 0 aliphatic heterocycles. The fourth-order valence-electron chi connectivity index (χ4n) is 1.98. The van der Waals surface area contributed by atoms with Crippen molar-refractivity contribution in [3.8, 4) is 0 Å². The maximum atomic E-state index is 13.0. The number of nitrogens with one attached hydrogen (secondary N) is 1. The van der Waals surface area contributed by atoms with Crippen molar-refractivity contribution >= 4 is 11.8 Å². The van der Waals surface area contributed by atoms with Gasteiger partial charge in [-0.2, -0.15) is 13.2 Å². The summed E-state index contributed by atoms with van der Waals surface area (Å²) in [6.07, 6.45) is -5.86. The van der Waals surface area contributed by atoms with Crippen LogP contribution in [0.2, 0.25) is 0 Å². The van der Waals surface area contributed by atoms with Gasteiger partial charge in [-0.25, -0.2) is 4.79 Å². The van der Waals surface area contributed by atoms with E-state index in [1.165, 1.54) is 12.1 Å². The largest absolute Gasteiger partial charge is 0.465 e. The summed E-state index contributed by atoms with van der Waals surface area (Å²) >= 11 is 0. The topological polar surface area (TPSA) is 75.3 Å². The quantitative estimate of drug-likeness (QED) is 0.748. The normalized spacial score (nSPS) is 13.8. The van der Waals surface area contributed by atoms with E-state index < -0.39 is 29.3 Å². The standard InChI is InChI=1S/C14H19F3N2O2/c1-13(2,3)11(19-12(20)21)6-8-4-5-9(18)7-10(8)14(15,16)17/h4-5,7,11,19H,6,18H2,1-3H3,(H,20,21). The smallest absolute Gasteiger partial charge is 0.416 e. The minimum Gasteiger partial charge on any atom is -0.465 e. The Morgan fingerprint density at radius 1 is 1.33 bits per heavy atom. The van der Waals surface area contributed by atoms with Crippen molar-refractivity contribution in [1.29, 1.82) is 0 Å². The van der Waals surface area contributed by atoms with Gasteiger partial charge in [0.25, 0.3) is 0 Å². The molecule has 0 heterocycles. The number of anilines is 1. The second-order valence-corrected chi connectivity index (χ2v) is 5.99. The number of halogens is 3. The summed E-state index contributed by atoms with van der Waals surface area (Å²) in [6.45, 7) is 5.29. The second kappa shape index (κ2) is 5.83. The van der Waals surface area contributed by atoms with Crippen molar-refractivity contribution in [3.63, 3.8) is 0 Å². The van der Waals surface area contributed by atoms with Gasteiger partial charge >= 0.3 is 12.3 Å². The van der Waals surface area contributed by atoms with E-state index in [0.29, 0.717) is 0 Å². The van der Waals surface area contributed by atoms with Crippen LogP contribution in [0.25, 0.3) is 0 Å². The maximum Gasteiger partial charge on any atom is 0.416 e. The van der Waals surface area contributed by atoms with Crippen LogP contribution in [0.5, 0.6) is 0 Å². The number of carbonyl (C=O) groups is 1. The molecule has 0 saturated carbocycles. The minimum absolute atomic E-state index is 0.0181. The molecule has 0 spiro atoms. The number of hydrogen-bond donors (Lipinski definition) is 3. The number of nitrogen functional groups attached to an aromatic ring is 1. The Hall–Kier alpha value is -1.92. The van der Waals surface area contributed by atoms with E-state index in [1.807, 2.05) is 0 Å². The van der Waals surface area contributed by atoms with Crippen LogP contribution in [0.4, 0.5) is 23.7 Å². The first-order chi connectivity index (χ1) is 9.41. The lowest BCUT2D eigenvalue weighted by Gasteiger charge is -2.31. The van der Waals surface area contributed by atoms with Gasteiger partial charge in [0.05, 0.1) is 5.56 Å². The zero-order valence-corrected chi connectivity index (χ0v) is 12.1. The molecule has 4 N–H and O–H groups in total. The van der Waals surface area contributed by atoms with Crippen LogP contribution >= 0.6 is 0 Å². The molecule has 21 heavy (non-hydrogen) atoms. The lowest BCUT2D eigenvalue weighted by molar-refractivity contribution is -0.138. The van der Waals surface area contributed by atoms with Crippen LogP contribution < -0.4 is 11.1 Å². The fourth-order valence-corrected chi connectivity index (χ4v) is 1.98. The average Bonchev–Trinajstić information content (AvgIpc) is 2.27. The SMILES string of the molecule is CC(C)(C)C(Cc1ccc(N)cc1C(F)(F)F)NC(=O)O. The molecule has 1 rings (SSSR count). The highest BCUT2D eigenvalue weighted by atomic mass is 19.4. The first kappa shape index (κ1) is 17.1. The Morgan fingerprint density at radius 3 is 2.33 bits per heavy atom. The van der Waals surface area contributed by atoms with E-state index in [0.717, 1.165) is 6.07 Å². The van der Waals surface area contributed by atoms with Gasteiger partial charge in [-0.15, -0.1) is 0 Å². The molecule has 0 saturated heterocycles. The predicted octanol–water partition coefficient (Wildman–Crippen LogP) is 3.51. The Balaban J connectivity index is 3.18. The molecule has 4 nitrogen and oxygen atoms in total. The average molecular weight is 304 g/mol. The van der Waals surface area contributed by atoms with E-state index in [-0.39, 0.29) is 17.7 Å². The summed E-state index contributed by atoms with van der Waals surface area (Å²) in [6, 6.07) is 2.89. The molecule has 0 bridgehead atoms. The maximum absolute atomic E-state index is 13.0. The second-order valence-electron chi connectivity index (χ2n) is 5.99. The van der Waals surface area contributed by atoms with Crippen LogP contribution in [-0.4, -0.2) is 17.2 Å². The number of nitrogens with two attached hydrogens (primary N) is 1. The predicted molar refractivity (Wildman–Crippen MR) is 74.0 cm³/mol. The number of hydrogen-bond acceptors (Lipinski definition) is 2. The van der Waals surface area contributed by atoms with Gasteiger partial charge in [-0.1, -0.05) is 26.8 Å². The van der Waals surface area contributed by atoms with Gasteiger partial charge in [0.1, 0.15) is 0 Å². The molecular formula is C14H19F3N2O2. The lowest BCUT2D eigenvalue weighted by atomic mass is 9.82. The van der Waals surface area contributed by atoms with Crippen LogP contribution in [-0.2, 0) is 12.6 Å². The molecule has 1 aromatic carbocycles. The highest BCUT2D eigenvalue weighted by Crippen LogP contribution is 2.35. The van der Waals surface area contributed by atoms with Crippen molar-refractivity contribution in [2.24, 2.45) is 5.41 Å². The zero-order chi connectivity index (χ0) is 16.4. The van der Waals surface area contributed by atoms with Gasteiger partial charge in [-0.3, -0.25) is 0 Å². The van der Waals surface area contributed by atoms with Gasteiger partial charge in [-0.05, 0) is 29.5 Å². The molecule has 1 amide bonds. The summed E-state index contributed by atoms with van der Waals surface area (Å²) in [4.78, 5) is 10.8. The molecule has 0 radical (unpaired) electrons. The molecule has 0 fully saturated rings. The number of carboxylic acid groups (broad SMARTS) is 1. The van der Waals surface area contributed by atoms with Gasteiger partial charge < -0.3 is 16.2 Å². The van der Waals surface area contributed by atoms with Crippen LogP contribution in [0.15, 0.2) is 18.2 Å². The summed E-state index contributed by atoms with van der Waals surface area (Å²) in [5.74, 6) is 0. The number of rotatable bonds is 3. The molecule has 0 aromatic heterocycles. The van der Waals surface area contributed by atoms with Crippen LogP contribution in [0, 0.1) is 5.41 Å². The van der Waals surface area contributed by atoms with Crippen LogP contribution in [0.3, 0.4) is 0 Å². The van der Waals surface area contributed by atoms with E-state index in [9.17, 15) is 18.0 Å².